The number of benzene rings is 2. The summed E-state index contributed by atoms with van der Waals surface area (Å²) < 4.78 is 40.1. The fourth-order valence-electron chi connectivity index (χ4n) is 2.57. The van der Waals surface area contributed by atoms with Crippen LogP contribution in [0.4, 0.5) is 10.1 Å². The smallest absolute Gasteiger partial charge is 0.321 e. The number of nitrogens with one attached hydrogen (secondary N) is 2. The van der Waals surface area contributed by atoms with Crippen LogP contribution in [0.1, 0.15) is 11.1 Å². The Hall–Kier alpha value is -2.16. The molecule has 0 aromatic heterocycles. The summed E-state index contributed by atoms with van der Waals surface area (Å²) in [5.41, 5.74) is 1.81. The van der Waals surface area contributed by atoms with Gasteiger partial charge in [-0.3, -0.25) is 9.52 Å². The molecule has 0 unspecified atom stereocenters. The molecule has 3 N–H and O–H groups in total. The van der Waals surface area contributed by atoms with Gasteiger partial charge in [-0.05, 0) is 53.9 Å². The van der Waals surface area contributed by atoms with Crippen LogP contribution in [0.5, 0.6) is 0 Å². The second-order valence-electron chi connectivity index (χ2n) is 5.52. The molecule has 25 heavy (non-hydrogen) atoms. The zero-order valence-corrected chi connectivity index (χ0v) is 14.5. The monoisotopic (exact) mass is 386 g/mol. The van der Waals surface area contributed by atoms with Gasteiger partial charge in [0.15, 0.2) is 0 Å². The van der Waals surface area contributed by atoms with Gasteiger partial charge in [-0.2, -0.15) is 0 Å². The van der Waals surface area contributed by atoms with Crippen molar-refractivity contribution in [2.24, 2.45) is 0 Å². The van der Waals surface area contributed by atoms with E-state index in [0.29, 0.717) is 6.42 Å². The summed E-state index contributed by atoms with van der Waals surface area (Å²) in [7, 11) is -3.81. The largest absolute Gasteiger partial charge is 0.480 e. The van der Waals surface area contributed by atoms with Gasteiger partial charge in [0, 0.05) is 12.2 Å². The lowest BCUT2D eigenvalue weighted by molar-refractivity contribution is -0.139. The summed E-state index contributed by atoms with van der Waals surface area (Å²) in [6, 6.07) is 8.93. The van der Waals surface area contributed by atoms with Crippen molar-refractivity contribution in [3.63, 3.8) is 0 Å². The number of rotatable bonds is 4. The van der Waals surface area contributed by atoms with E-state index in [-0.39, 0.29) is 29.5 Å². The summed E-state index contributed by atoms with van der Waals surface area (Å²) in [6.45, 7) is 0.284. The first-order valence-electron chi connectivity index (χ1n) is 7.21. The Bertz CT molecular complexity index is 888. The van der Waals surface area contributed by atoms with Gasteiger partial charge in [0.25, 0.3) is 10.0 Å². The molecule has 134 valence electrons. The summed E-state index contributed by atoms with van der Waals surface area (Å²) in [5.74, 6) is -1.39. The number of carbonyl (C=O) groups is 1. The van der Waals surface area contributed by atoms with Gasteiger partial charge in [0.05, 0.1) is 4.90 Å². The Labute approximate surface area is 150 Å². The number of sulfonamides is 1. The molecule has 2 aromatic carbocycles. The van der Waals surface area contributed by atoms with Gasteiger partial charge in [0.1, 0.15) is 11.9 Å². The third kappa shape index (κ3) is 4.28. The minimum atomic E-state index is -3.81. The van der Waals surface area contributed by atoms with Crippen molar-refractivity contribution in [1.82, 2.24) is 5.32 Å². The molecule has 0 bridgehead atoms. The zero-order valence-electron chi connectivity index (χ0n) is 12.9. The fraction of sp³-hybridized carbons (Fsp3) is 0.188. The van der Waals surface area contributed by atoms with Crippen LogP contribution in [0.2, 0.25) is 0 Å². The predicted octanol–water partition coefficient (Wildman–Crippen LogP) is 2.15. The number of aliphatic carboxylic acids is 1. The van der Waals surface area contributed by atoms with Crippen molar-refractivity contribution in [1.29, 1.82) is 0 Å². The second kappa shape index (κ2) is 7.38. The van der Waals surface area contributed by atoms with Crippen LogP contribution in [-0.4, -0.2) is 25.5 Å². The Balaban J connectivity index is 0.00000225. The van der Waals surface area contributed by atoms with E-state index in [4.69, 9.17) is 5.11 Å². The summed E-state index contributed by atoms with van der Waals surface area (Å²) >= 11 is 0. The normalized spacial score (nSPS) is 16.4. The molecule has 1 atom stereocenters. The fourth-order valence-corrected chi connectivity index (χ4v) is 3.67. The van der Waals surface area contributed by atoms with E-state index in [1.54, 1.807) is 6.07 Å². The van der Waals surface area contributed by atoms with Gasteiger partial charge in [-0.15, -0.1) is 12.4 Å². The van der Waals surface area contributed by atoms with Crippen LogP contribution in [0.15, 0.2) is 47.4 Å². The predicted molar refractivity (Wildman–Crippen MR) is 92.9 cm³/mol. The van der Waals surface area contributed by atoms with Crippen molar-refractivity contribution >= 4 is 34.1 Å². The van der Waals surface area contributed by atoms with E-state index in [0.717, 1.165) is 11.1 Å². The van der Waals surface area contributed by atoms with Gasteiger partial charge in [-0.1, -0.05) is 6.07 Å². The SMILES string of the molecule is Cl.O=C(O)[C@@H]1Cc2ccc(S(=O)(=O)Nc3ccc(F)cc3)cc2CN1. The van der Waals surface area contributed by atoms with Crippen LogP contribution in [0, 0.1) is 5.82 Å². The first kappa shape index (κ1) is 19.2. The van der Waals surface area contributed by atoms with Crippen molar-refractivity contribution in [2.75, 3.05) is 4.72 Å². The molecular formula is C16H16ClFN2O4S. The molecule has 2 aromatic rings. The molecule has 0 saturated heterocycles. The van der Waals surface area contributed by atoms with Gasteiger partial charge >= 0.3 is 5.97 Å². The third-order valence-electron chi connectivity index (χ3n) is 3.85. The number of carboxylic acids is 1. The molecule has 6 nitrogen and oxygen atoms in total. The van der Waals surface area contributed by atoms with Gasteiger partial charge in [0.2, 0.25) is 0 Å². The number of hydrogen-bond acceptors (Lipinski definition) is 4. The van der Waals surface area contributed by atoms with Gasteiger partial charge in [-0.25, -0.2) is 12.8 Å². The molecular weight excluding hydrogens is 371 g/mol. The number of fused-ring (bicyclic) bond motifs is 1. The first-order chi connectivity index (χ1) is 11.3. The van der Waals surface area contributed by atoms with E-state index in [9.17, 15) is 17.6 Å². The van der Waals surface area contributed by atoms with Gasteiger partial charge < -0.3 is 10.4 Å². The maximum atomic E-state index is 12.9. The maximum absolute atomic E-state index is 12.9. The number of hydrogen-bond donors (Lipinski definition) is 3. The van der Waals surface area contributed by atoms with E-state index in [1.807, 2.05) is 0 Å². The topological polar surface area (TPSA) is 95.5 Å². The highest BCUT2D eigenvalue weighted by Gasteiger charge is 2.25. The molecule has 0 aliphatic carbocycles. The Morgan fingerprint density at radius 1 is 1.16 bits per heavy atom. The van der Waals surface area contributed by atoms with E-state index in [2.05, 4.69) is 10.0 Å². The average molecular weight is 387 g/mol. The van der Waals surface area contributed by atoms with Crippen molar-refractivity contribution < 1.29 is 22.7 Å². The molecule has 0 amide bonds. The van der Waals surface area contributed by atoms with Crippen molar-refractivity contribution in [3.05, 3.63) is 59.4 Å². The highest BCUT2D eigenvalue weighted by molar-refractivity contribution is 7.92. The van der Waals surface area contributed by atoms with Crippen LogP contribution < -0.4 is 10.0 Å². The summed E-state index contributed by atoms with van der Waals surface area (Å²) in [5, 5.41) is 11.9. The Kier molecular flexibility index (Phi) is 5.66. The van der Waals surface area contributed by atoms with Crippen LogP contribution in [0.25, 0.3) is 0 Å². The standard InChI is InChI=1S/C16H15FN2O4S.ClH/c17-12-2-4-13(5-3-12)19-24(22,23)14-6-1-10-8-15(16(20)21)18-9-11(10)7-14;/h1-7,15,18-19H,8-9H2,(H,20,21);1H/t15-;/m0./s1. The minimum Gasteiger partial charge on any atom is -0.480 e. The van der Waals surface area contributed by atoms with Crippen LogP contribution in [0.3, 0.4) is 0 Å². The minimum absolute atomic E-state index is 0. The summed E-state index contributed by atoms with van der Waals surface area (Å²) in [4.78, 5) is 11.1. The quantitative estimate of drug-likeness (QED) is 0.748. The average Bonchev–Trinajstić information content (AvgIpc) is 2.55. The lowest BCUT2D eigenvalue weighted by atomic mass is 9.96. The lowest BCUT2D eigenvalue weighted by Crippen LogP contribution is -2.41. The first-order valence-corrected chi connectivity index (χ1v) is 8.70. The highest BCUT2D eigenvalue weighted by Crippen LogP contribution is 2.23. The second-order valence-corrected chi connectivity index (χ2v) is 7.20. The molecule has 1 aliphatic heterocycles. The molecule has 3 rings (SSSR count). The zero-order chi connectivity index (χ0) is 17.3. The van der Waals surface area contributed by atoms with Crippen LogP contribution >= 0.6 is 12.4 Å². The molecule has 0 radical (unpaired) electrons. The third-order valence-corrected chi connectivity index (χ3v) is 5.22. The van der Waals surface area contributed by atoms with E-state index < -0.39 is 27.9 Å². The Morgan fingerprint density at radius 2 is 1.84 bits per heavy atom. The van der Waals surface area contributed by atoms with Crippen molar-refractivity contribution in [3.8, 4) is 0 Å². The lowest BCUT2D eigenvalue weighted by Gasteiger charge is -2.23. The molecule has 0 fully saturated rings. The number of carboxylic acid groups (broad SMARTS) is 1. The van der Waals surface area contributed by atoms with Crippen LogP contribution in [-0.2, 0) is 27.8 Å². The van der Waals surface area contributed by atoms with E-state index >= 15 is 0 Å². The van der Waals surface area contributed by atoms with E-state index in [1.165, 1.54) is 36.4 Å². The molecule has 1 aliphatic rings. The van der Waals surface area contributed by atoms with Crippen molar-refractivity contribution in [2.45, 2.75) is 23.9 Å². The molecule has 0 saturated carbocycles. The summed E-state index contributed by atoms with van der Waals surface area (Å²) in [6.07, 6.45) is 0.302. The molecule has 9 heteroatoms. The number of halogens is 2. The number of anilines is 1. The molecule has 1 heterocycles. The Morgan fingerprint density at radius 3 is 2.48 bits per heavy atom. The molecule has 0 spiro atoms. The highest BCUT2D eigenvalue weighted by atomic mass is 35.5. The maximum Gasteiger partial charge on any atom is 0.321 e.